The highest BCUT2D eigenvalue weighted by Crippen LogP contribution is 2.24. The first-order valence-corrected chi connectivity index (χ1v) is 5.79. The predicted molar refractivity (Wildman–Crippen MR) is 61.9 cm³/mol. The van der Waals surface area contributed by atoms with Crippen molar-refractivity contribution < 1.29 is 13.9 Å². The first-order valence-electron chi connectivity index (χ1n) is 4.80. The molecule has 5 heteroatoms. The van der Waals surface area contributed by atoms with Gasteiger partial charge in [-0.05, 0) is 19.2 Å². The van der Waals surface area contributed by atoms with Crippen LogP contribution in [-0.2, 0) is 16.1 Å². The molecule has 0 bridgehead atoms. The lowest BCUT2D eigenvalue weighted by Gasteiger charge is -2.09. The highest BCUT2D eigenvalue weighted by molar-refractivity contribution is 8.00. The first-order chi connectivity index (χ1) is 7.69. The summed E-state index contributed by atoms with van der Waals surface area (Å²) in [6, 6.07) is 4.84. The molecule has 0 aliphatic rings. The molecule has 0 spiro atoms. The van der Waals surface area contributed by atoms with E-state index in [1.807, 2.05) is 0 Å². The number of carbonyl (C=O) groups is 1. The molecule has 0 radical (unpaired) electrons. The van der Waals surface area contributed by atoms with E-state index in [4.69, 9.17) is 0 Å². The minimum absolute atomic E-state index is 0.191. The third-order valence-corrected chi connectivity index (χ3v) is 3.08. The smallest absolute Gasteiger partial charge is 0.315 e. The molecule has 0 aliphatic carbocycles. The van der Waals surface area contributed by atoms with Gasteiger partial charge in [0.05, 0.1) is 12.9 Å². The summed E-state index contributed by atoms with van der Waals surface area (Å²) in [6.45, 7) is 0.441. The van der Waals surface area contributed by atoms with Gasteiger partial charge in [0.2, 0.25) is 0 Å². The van der Waals surface area contributed by atoms with Gasteiger partial charge in [0, 0.05) is 17.0 Å². The summed E-state index contributed by atoms with van der Waals surface area (Å²) in [5, 5.41) is 2.90. The maximum atomic E-state index is 13.5. The number of methoxy groups -OCH3 is 1. The fourth-order valence-corrected chi connectivity index (χ4v) is 2.13. The molecule has 3 nitrogen and oxygen atoms in total. The van der Waals surface area contributed by atoms with Crippen LogP contribution >= 0.6 is 11.8 Å². The van der Waals surface area contributed by atoms with Gasteiger partial charge >= 0.3 is 5.97 Å². The SMILES string of the molecule is CNCc1c(F)cccc1SCC(=O)OC. The number of benzene rings is 1. The molecule has 0 atom stereocenters. The van der Waals surface area contributed by atoms with Gasteiger partial charge < -0.3 is 10.1 Å². The Kier molecular flexibility index (Phi) is 5.28. The molecule has 1 aromatic carbocycles. The van der Waals surface area contributed by atoms with Gasteiger partial charge in [-0.15, -0.1) is 11.8 Å². The normalized spacial score (nSPS) is 10.2. The van der Waals surface area contributed by atoms with Crippen molar-refractivity contribution in [2.45, 2.75) is 11.4 Å². The van der Waals surface area contributed by atoms with E-state index in [1.54, 1.807) is 19.2 Å². The zero-order valence-corrected chi connectivity index (χ0v) is 10.1. The number of esters is 1. The van der Waals surface area contributed by atoms with Crippen LogP contribution in [0.5, 0.6) is 0 Å². The van der Waals surface area contributed by atoms with Gasteiger partial charge in [-0.2, -0.15) is 0 Å². The van der Waals surface area contributed by atoms with E-state index < -0.39 is 0 Å². The Bertz CT molecular complexity index is 371. The van der Waals surface area contributed by atoms with Gasteiger partial charge in [-0.1, -0.05) is 6.07 Å². The third-order valence-electron chi connectivity index (χ3n) is 2.00. The molecule has 0 amide bonds. The molecule has 0 unspecified atom stereocenters. The molecule has 0 saturated heterocycles. The van der Waals surface area contributed by atoms with Crippen LogP contribution in [0, 0.1) is 5.82 Å². The zero-order valence-electron chi connectivity index (χ0n) is 9.25. The summed E-state index contributed by atoms with van der Waals surface area (Å²) < 4.78 is 18.0. The second kappa shape index (κ2) is 6.50. The molecule has 0 heterocycles. The molecule has 0 aliphatic heterocycles. The second-order valence-corrected chi connectivity index (χ2v) is 4.13. The Labute approximate surface area is 98.4 Å². The molecule has 16 heavy (non-hydrogen) atoms. The summed E-state index contributed by atoms with van der Waals surface area (Å²) in [5.41, 5.74) is 0.582. The van der Waals surface area contributed by atoms with Crippen molar-refractivity contribution in [3.8, 4) is 0 Å². The van der Waals surface area contributed by atoms with Crippen LogP contribution in [0.1, 0.15) is 5.56 Å². The van der Waals surface area contributed by atoms with Crippen LogP contribution in [0.2, 0.25) is 0 Å². The number of halogens is 1. The molecule has 1 rings (SSSR count). The predicted octanol–water partition coefficient (Wildman–Crippen LogP) is 1.81. The summed E-state index contributed by atoms with van der Waals surface area (Å²) in [6.07, 6.45) is 0. The Balaban J connectivity index is 2.78. The lowest BCUT2D eigenvalue weighted by Crippen LogP contribution is -2.09. The Morgan fingerprint density at radius 2 is 2.31 bits per heavy atom. The van der Waals surface area contributed by atoms with Crippen molar-refractivity contribution in [3.05, 3.63) is 29.6 Å². The minimum Gasteiger partial charge on any atom is -0.468 e. The molecule has 1 aromatic rings. The standard InChI is InChI=1S/C11H14FNO2S/c1-13-6-8-9(12)4-3-5-10(8)16-7-11(14)15-2/h3-5,13H,6-7H2,1-2H3. The third kappa shape index (κ3) is 3.50. The fraction of sp³-hybridized carbons (Fsp3) is 0.364. The molecular weight excluding hydrogens is 229 g/mol. The van der Waals surface area contributed by atoms with E-state index >= 15 is 0 Å². The summed E-state index contributed by atoms with van der Waals surface area (Å²) in [5.74, 6) is -0.384. The molecule has 0 fully saturated rings. The van der Waals surface area contributed by atoms with E-state index in [-0.39, 0.29) is 17.5 Å². The Morgan fingerprint density at radius 1 is 1.56 bits per heavy atom. The van der Waals surface area contributed by atoms with Crippen LogP contribution in [0.25, 0.3) is 0 Å². The number of hydrogen-bond acceptors (Lipinski definition) is 4. The van der Waals surface area contributed by atoms with E-state index in [2.05, 4.69) is 10.1 Å². The summed E-state index contributed by atoms with van der Waals surface area (Å²) in [7, 11) is 3.09. The number of rotatable bonds is 5. The van der Waals surface area contributed by atoms with E-state index in [0.717, 1.165) is 4.90 Å². The van der Waals surface area contributed by atoms with Crippen molar-refractivity contribution in [3.63, 3.8) is 0 Å². The summed E-state index contributed by atoms with van der Waals surface area (Å²) in [4.78, 5) is 11.8. The van der Waals surface area contributed by atoms with Gasteiger partial charge in [-0.25, -0.2) is 4.39 Å². The van der Waals surface area contributed by atoms with Crippen molar-refractivity contribution >= 4 is 17.7 Å². The molecule has 0 saturated carbocycles. The average molecular weight is 243 g/mol. The van der Waals surface area contributed by atoms with Crippen LogP contribution in [0.15, 0.2) is 23.1 Å². The van der Waals surface area contributed by atoms with E-state index in [0.29, 0.717) is 12.1 Å². The van der Waals surface area contributed by atoms with Crippen LogP contribution in [0.3, 0.4) is 0 Å². The van der Waals surface area contributed by atoms with Gasteiger partial charge in [-0.3, -0.25) is 4.79 Å². The maximum absolute atomic E-state index is 13.5. The average Bonchev–Trinajstić information content (AvgIpc) is 2.29. The van der Waals surface area contributed by atoms with Crippen molar-refractivity contribution in [1.82, 2.24) is 5.32 Å². The number of carbonyl (C=O) groups excluding carboxylic acids is 1. The lowest BCUT2D eigenvalue weighted by atomic mass is 10.2. The maximum Gasteiger partial charge on any atom is 0.315 e. The molecular formula is C11H14FNO2S. The highest BCUT2D eigenvalue weighted by Gasteiger charge is 2.10. The van der Waals surface area contributed by atoms with E-state index in [9.17, 15) is 9.18 Å². The zero-order chi connectivity index (χ0) is 12.0. The fourth-order valence-electron chi connectivity index (χ4n) is 1.22. The lowest BCUT2D eigenvalue weighted by molar-refractivity contribution is -0.137. The van der Waals surface area contributed by atoms with Gasteiger partial charge in [0.25, 0.3) is 0 Å². The minimum atomic E-state index is -0.315. The number of nitrogens with one attached hydrogen (secondary N) is 1. The number of thioether (sulfide) groups is 1. The largest absolute Gasteiger partial charge is 0.468 e. The molecule has 1 N–H and O–H groups in total. The van der Waals surface area contributed by atoms with Gasteiger partial charge in [0.1, 0.15) is 5.82 Å². The number of hydrogen-bond donors (Lipinski definition) is 1. The van der Waals surface area contributed by atoms with Crippen molar-refractivity contribution in [2.75, 3.05) is 19.9 Å². The molecule has 0 aromatic heterocycles. The summed E-state index contributed by atoms with van der Waals surface area (Å²) >= 11 is 1.28. The quantitative estimate of drug-likeness (QED) is 0.632. The number of ether oxygens (including phenoxy) is 1. The van der Waals surface area contributed by atoms with Crippen LogP contribution in [0.4, 0.5) is 4.39 Å². The Hall–Kier alpha value is -1.07. The monoisotopic (exact) mass is 243 g/mol. The van der Waals surface area contributed by atoms with Gasteiger partial charge in [0.15, 0.2) is 0 Å². The van der Waals surface area contributed by atoms with E-state index in [1.165, 1.54) is 24.9 Å². The van der Waals surface area contributed by atoms with Crippen LogP contribution < -0.4 is 5.32 Å². The first kappa shape index (κ1) is 13.0. The topological polar surface area (TPSA) is 38.3 Å². The van der Waals surface area contributed by atoms with Crippen LogP contribution in [-0.4, -0.2) is 25.9 Å². The molecule has 88 valence electrons. The van der Waals surface area contributed by atoms with Crippen molar-refractivity contribution in [2.24, 2.45) is 0 Å². The Morgan fingerprint density at radius 3 is 2.94 bits per heavy atom. The van der Waals surface area contributed by atoms with Crippen molar-refractivity contribution in [1.29, 1.82) is 0 Å². The highest BCUT2D eigenvalue weighted by atomic mass is 32.2. The second-order valence-electron chi connectivity index (χ2n) is 3.11.